The summed E-state index contributed by atoms with van der Waals surface area (Å²) in [6.07, 6.45) is 3.96. The molecular weight excluding hydrogens is 378 g/mol. The molecule has 1 aliphatic rings. The van der Waals surface area contributed by atoms with Gasteiger partial charge in [-0.05, 0) is 37.1 Å². The van der Waals surface area contributed by atoms with E-state index in [4.69, 9.17) is 9.15 Å². The number of carbonyl (C=O) groups is 2. The number of nitrogens with zero attached hydrogens (tertiary/aromatic N) is 2. The van der Waals surface area contributed by atoms with Gasteiger partial charge in [0.15, 0.2) is 0 Å². The maximum absolute atomic E-state index is 12.3. The van der Waals surface area contributed by atoms with E-state index >= 15 is 0 Å². The van der Waals surface area contributed by atoms with Gasteiger partial charge in [0.1, 0.15) is 22.6 Å². The van der Waals surface area contributed by atoms with Gasteiger partial charge in [-0.2, -0.15) is 5.26 Å². The minimum absolute atomic E-state index is 0.319. The Balaban J connectivity index is 1.72. The molecule has 0 bridgehead atoms. The third-order valence-corrected chi connectivity index (χ3v) is 5.49. The Morgan fingerprint density at radius 2 is 2.25 bits per heavy atom. The predicted octanol–water partition coefficient (Wildman–Crippen LogP) is 3.94. The second-order valence-corrected chi connectivity index (χ2v) is 7.28. The van der Waals surface area contributed by atoms with E-state index in [1.54, 1.807) is 24.0 Å². The first-order chi connectivity index (χ1) is 13.5. The number of nitriles is 1. The lowest BCUT2D eigenvalue weighted by molar-refractivity contribution is -0.111. The summed E-state index contributed by atoms with van der Waals surface area (Å²) < 4.78 is 10.6. The highest BCUT2D eigenvalue weighted by molar-refractivity contribution is 7.16. The smallest absolute Gasteiger partial charge is 0.410 e. The number of nitrogens with one attached hydrogen (secondary N) is 1. The van der Waals surface area contributed by atoms with Crippen LogP contribution in [0.15, 0.2) is 22.6 Å². The summed E-state index contributed by atoms with van der Waals surface area (Å²) in [5.74, 6) is 1.11. The Labute approximate surface area is 167 Å². The molecular formula is C20H21N3O4S. The maximum Gasteiger partial charge on any atom is 0.410 e. The summed E-state index contributed by atoms with van der Waals surface area (Å²) in [7, 11) is 0. The molecule has 2 aromatic rings. The summed E-state index contributed by atoms with van der Waals surface area (Å²) in [5.41, 5.74) is 1.36. The highest BCUT2D eigenvalue weighted by Crippen LogP contribution is 2.36. The quantitative estimate of drug-likeness (QED) is 0.768. The summed E-state index contributed by atoms with van der Waals surface area (Å²) >= 11 is 1.32. The van der Waals surface area contributed by atoms with Crippen LogP contribution in [-0.2, 0) is 28.9 Å². The van der Waals surface area contributed by atoms with E-state index < -0.39 is 0 Å². The molecule has 0 radical (unpaired) electrons. The zero-order valence-electron chi connectivity index (χ0n) is 15.8. The highest BCUT2D eigenvalue weighted by atomic mass is 32.1. The van der Waals surface area contributed by atoms with Gasteiger partial charge in [-0.3, -0.25) is 4.79 Å². The van der Waals surface area contributed by atoms with Crippen molar-refractivity contribution in [3.8, 4) is 6.07 Å². The molecule has 0 aromatic carbocycles. The average molecular weight is 399 g/mol. The van der Waals surface area contributed by atoms with E-state index in [0.29, 0.717) is 42.4 Å². The topological polar surface area (TPSA) is 95.6 Å². The van der Waals surface area contributed by atoms with Crippen molar-refractivity contribution in [1.29, 1.82) is 5.26 Å². The summed E-state index contributed by atoms with van der Waals surface area (Å²) in [5, 5.41) is 12.8. The minimum atomic E-state index is -0.363. The number of furan rings is 1. The van der Waals surface area contributed by atoms with Crippen molar-refractivity contribution in [2.24, 2.45) is 0 Å². The van der Waals surface area contributed by atoms with Crippen molar-refractivity contribution in [1.82, 2.24) is 4.90 Å². The summed E-state index contributed by atoms with van der Waals surface area (Å²) in [4.78, 5) is 26.7. The maximum atomic E-state index is 12.3. The SMILES string of the molecule is CCOC(=O)N1CCc2c(sc(NC(=O)/C=C/c3ccc(CC)o3)c2C#N)C1. The van der Waals surface area contributed by atoms with Gasteiger partial charge in [0, 0.05) is 23.9 Å². The molecule has 3 rings (SSSR count). The third kappa shape index (κ3) is 4.26. The van der Waals surface area contributed by atoms with Crippen molar-refractivity contribution >= 4 is 34.4 Å². The Bertz CT molecular complexity index is 951. The third-order valence-electron chi connectivity index (χ3n) is 4.36. The molecule has 1 N–H and O–H groups in total. The molecule has 146 valence electrons. The van der Waals surface area contributed by atoms with Crippen molar-refractivity contribution < 1.29 is 18.7 Å². The van der Waals surface area contributed by atoms with Gasteiger partial charge >= 0.3 is 6.09 Å². The summed E-state index contributed by atoms with van der Waals surface area (Å²) in [6, 6.07) is 5.85. The van der Waals surface area contributed by atoms with Crippen molar-refractivity contribution in [3.05, 3.63) is 45.7 Å². The molecule has 0 spiro atoms. The van der Waals surface area contributed by atoms with E-state index in [1.807, 2.05) is 13.0 Å². The number of rotatable bonds is 5. The molecule has 0 fully saturated rings. The van der Waals surface area contributed by atoms with Crippen LogP contribution < -0.4 is 5.32 Å². The van der Waals surface area contributed by atoms with E-state index in [1.165, 1.54) is 17.4 Å². The van der Waals surface area contributed by atoms with Gasteiger partial charge in [0.05, 0.1) is 18.7 Å². The first kappa shape index (κ1) is 19.7. The molecule has 3 heterocycles. The molecule has 0 unspecified atom stereocenters. The van der Waals surface area contributed by atoms with Crippen molar-refractivity contribution in [3.63, 3.8) is 0 Å². The second kappa shape index (κ2) is 8.76. The fourth-order valence-corrected chi connectivity index (χ4v) is 4.18. The Hall–Kier alpha value is -3.05. The zero-order chi connectivity index (χ0) is 20.1. The fourth-order valence-electron chi connectivity index (χ4n) is 2.97. The number of amides is 2. The van der Waals surface area contributed by atoms with Gasteiger partial charge in [0.25, 0.3) is 0 Å². The number of hydrogen-bond acceptors (Lipinski definition) is 6. The average Bonchev–Trinajstić information content (AvgIpc) is 3.29. The van der Waals surface area contributed by atoms with Crippen LogP contribution in [0.2, 0.25) is 0 Å². The first-order valence-corrected chi connectivity index (χ1v) is 9.91. The second-order valence-electron chi connectivity index (χ2n) is 6.17. The van der Waals surface area contributed by atoms with Crippen LogP contribution in [0.5, 0.6) is 0 Å². The summed E-state index contributed by atoms with van der Waals surface area (Å²) in [6.45, 7) is 4.94. The standard InChI is InChI=1S/C20H21N3O4S/c1-3-13-5-6-14(27-13)7-8-18(24)22-19-16(11-21)15-9-10-23(12-17(15)28-19)20(25)26-4-2/h5-8H,3-4,9-10,12H2,1-2H3,(H,22,24)/b8-7+. The van der Waals surface area contributed by atoms with Crippen molar-refractivity contribution in [2.75, 3.05) is 18.5 Å². The molecule has 8 heteroatoms. The molecule has 2 amide bonds. The highest BCUT2D eigenvalue weighted by Gasteiger charge is 2.27. The number of ether oxygens (including phenoxy) is 1. The van der Waals surface area contributed by atoms with Crippen LogP contribution in [0.3, 0.4) is 0 Å². The number of carbonyl (C=O) groups excluding carboxylic acids is 2. The molecule has 0 saturated carbocycles. The largest absolute Gasteiger partial charge is 0.462 e. The van der Waals surface area contributed by atoms with E-state index in [9.17, 15) is 14.9 Å². The molecule has 2 aromatic heterocycles. The fraction of sp³-hybridized carbons (Fsp3) is 0.350. The molecule has 0 saturated heterocycles. The lowest BCUT2D eigenvalue weighted by Crippen LogP contribution is -2.35. The van der Waals surface area contributed by atoms with Gasteiger partial charge in [-0.1, -0.05) is 6.92 Å². The van der Waals surface area contributed by atoms with Crippen LogP contribution in [0.25, 0.3) is 6.08 Å². The lowest BCUT2D eigenvalue weighted by atomic mass is 10.0. The predicted molar refractivity (Wildman–Crippen MR) is 106 cm³/mol. The van der Waals surface area contributed by atoms with Crippen LogP contribution in [0.4, 0.5) is 9.80 Å². The van der Waals surface area contributed by atoms with Crippen LogP contribution in [0.1, 0.15) is 41.4 Å². The van der Waals surface area contributed by atoms with E-state index in [-0.39, 0.29) is 12.0 Å². The Morgan fingerprint density at radius 1 is 1.43 bits per heavy atom. The van der Waals surface area contributed by atoms with Gasteiger partial charge in [0.2, 0.25) is 5.91 Å². The number of hydrogen-bond donors (Lipinski definition) is 1. The number of thiophene rings is 1. The molecule has 7 nitrogen and oxygen atoms in total. The zero-order valence-corrected chi connectivity index (χ0v) is 16.6. The van der Waals surface area contributed by atoms with E-state index in [0.717, 1.165) is 22.6 Å². The normalized spacial score (nSPS) is 13.2. The van der Waals surface area contributed by atoms with E-state index in [2.05, 4.69) is 11.4 Å². The van der Waals surface area contributed by atoms with Crippen LogP contribution in [-0.4, -0.2) is 30.1 Å². The number of aryl methyl sites for hydroxylation is 1. The lowest BCUT2D eigenvalue weighted by Gasteiger charge is -2.25. The number of fused-ring (bicyclic) bond motifs is 1. The monoisotopic (exact) mass is 399 g/mol. The minimum Gasteiger partial charge on any atom is -0.462 e. The first-order valence-electron chi connectivity index (χ1n) is 9.09. The van der Waals surface area contributed by atoms with Gasteiger partial charge in [-0.15, -0.1) is 11.3 Å². The van der Waals surface area contributed by atoms with Crippen LogP contribution >= 0.6 is 11.3 Å². The Kier molecular flexibility index (Phi) is 6.16. The molecule has 1 aliphatic heterocycles. The molecule has 0 aliphatic carbocycles. The molecule has 28 heavy (non-hydrogen) atoms. The van der Waals surface area contributed by atoms with Crippen LogP contribution in [0, 0.1) is 11.3 Å². The molecule has 0 atom stereocenters. The number of anilines is 1. The van der Waals surface area contributed by atoms with Gasteiger partial charge in [-0.25, -0.2) is 4.79 Å². The van der Waals surface area contributed by atoms with Gasteiger partial charge < -0.3 is 19.4 Å². The Morgan fingerprint density at radius 3 is 2.93 bits per heavy atom. The van der Waals surface area contributed by atoms with Crippen molar-refractivity contribution in [2.45, 2.75) is 33.2 Å².